The molecule has 58 valence electrons. The Morgan fingerprint density at radius 2 is 1.90 bits per heavy atom. The van der Waals surface area contributed by atoms with Crippen LogP contribution in [0.2, 0.25) is 0 Å². The molecule has 0 bridgehead atoms. The van der Waals surface area contributed by atoms with Crippen LogP contribution in [-0.2, 0) is 0 Å². The van der Waals surface area contributed by atoms with E-state index in [0.717, 1.165) is 11.8 Å². The lowest BCUT2D eigenvalue weighted by molar-refractivity contribution is 0.414. The monoisotopic (exact) mass is 138 g/mol. The van der Waals surface area contributed by atoms with Crippen molar-refractivity contribution < 1.29 is 0 Å². The molecule has 2 aliphatic carbocycles. The smallest absolute Gasteiger partial charge is 0.0326 e. The first-order chi connectivity index (χ1) is 4.84. The average molecular weight is 138 g/mol. The third-order valence-electron chi connectivity index (χ3n) is 3.77. The molecule has 0 heterocycles. The van der Waals surface area contributed by atoms with E-state index in [9.17, 15) is 0 Å². The molecular weight excluding hydrogens is 120 g/mol. The van der Waals surface area contributed by atoms with Crippen molar-refractivity contribution in [3.8, 4) is 0 Å². The first kappa shape index (κ1) is 6.69. The van der Waals surface area contributed by atoms with Gasteiger partial charge in [-0.1, -0.05) is 26.7 Å². The second kappa shape index (κ2) is 2.25. The van der Waals surface area contributed by atoms with Crippen molar-refractivity contribution in [1.82, 2.24) is 0 Å². The fourth-order valence-corrected chi connectivity index (χ4v) is 2.99. The summed E-state index contributed by atoms with van der Waals surface area (Å²) in [6, 6.07) is 0. The number of hydrogen-bond acceptors (Lipinski definition) is 0. The molecule has 2 aliphatic rings. The summed E-state index contributed by atoms with van der Waals surface area (Å²) < 4.78 is 0. The minimum Gasteiger partial charge on any atom is -0.0651 e. The fraction of sp³-hybridized carbons (Fsp3) is 1.00. The first-order valence-corrected chi connectivity index (χ1v) is 4.84. The molecule has 2 rings (SSSR count). The molecule has 0 nitrogen and oxygen atoms in total. The molecule has 0 N–H and O–H groups in total. The minimum atomic E-state index is 1.02. The lowest BCUT2D eigenvalue weighted by Crippen LogP contribution is -2.00. The van der Waals surface area contributed by atoms with Gasteiger partial charge in [0.2, 0.25) is 0 Å². The maximum Gasteiger partial charge on any atom is -0.0326 e. The van der Waals surface area contributed by atoms with E-state index in [1.165, 1.54) is 24.7 Å². The van der Waals surface area contributed by atoms with Crippen molar-refractivity contribution in [2.75, 3.05) is 0 Å². The Bertz CT molecular complexity index is 115. The molecule has 0 aromatic carbocycles. The molecule has 0 radical (unpaired) electrons. The molecule has 0 saturated heterocycles. The van der Waals surface area contributed by atoms with Gasteiger partial charge in [-0.25, -0.2) is 0 Å². The Kier molecular flexibility index (Phi) is 1.51. The summed E-state index contributed by atoms with van der Waals surface area (Å²) in [6.45, 7) is 4.77. The summed E-state index contributed by atoms with van der Waals surface area (Å²) >= 11 is 0. The molecule has 0 aromatic rings. The molecule has 0 heteroatoms. The molecule has 0 aromatic heterocycles. The summed E-state index contributed by atoms with van der Waals surface area (Å²) in [6.07, 6.45) is 6.04. The van der Waals surface area contributed by atoms with Crippen LogP contribution in [0, 0.1) is 23.7 Å². The zero-order valence-corrected chi connectivity index (χ0v) is 7.14. The van der Waals surface area contributed by atoms with Crippen LogP contribution in [-0.4, -0.2) is 0 Å². The standard InChI is InChI=1S/C10H18/c1-3-7(2)10-8-5-4-6-9(8)10/h7-10H,3-6H2,1-2H3. The average Bonchev–Trinajstić information content (AvgIpc) is 2.43. The first-order valence-electron chi connectivity index (χ1n) is 4.84. The van der Waals surface area contributed by atoms with Crippen LogP contribution >= 0.6 is 0 Å². The molecule has 2 fully saturated rings. The molecule has 3 unspecified atom stereocenters. The highest BCUT2D eigenvalue weighted by atomic mass is 14.6. The van der Waals surface area contributed by atoms with Crippen LogP contribution in [0.25, 0.3) is 0 Å². The van der Waals surface area contributed by atoms with Gasteiger partial charge < -0.3 is 0 Å². The van der Waals surface area contributed by atoms with Gasteiger partial charge in [0, 0.05) is 0 Å². The van der Waals surface area contributed by atoms with E-state index in [-0.39, 0.29) is 0 Å². The summed E-state index contributed by atoms with van der Waals surface area (Å²) in [4.78, 5) is 0. The maximum atomic E-state index is 2.43. The van der Waals surface area contributed by atoms with Gasteiger partial charge in [-0.05, 0) is 36.5 Å². The zero-order valence-electron chi connectivity index (χ0n) is 7.14. The highest BCUT2D eigenvalue weighted by Gasteiger charge is 2.53. The number of hydrogen-bond donors (Lipinski definition) is 0. The number of rotatable bonds is 2. The van der Waals surface area contributed by atoms with Crippen LogP contribution in [0.4, 0.5) is 0 Å². The van der Waals surface area contributed by atoms with E-state index in [0.29, 0.717) is 0 Å². The van der Waals surface area contributed by atoms with Crippen LogP contribution in [0.1, 0.15) is 39.5 Å². The molecule has 0 spiro atoms. The summed E-state index contributed by atoms with van der Waals surface area (Å²) in [7, 11) is 0. The van der Waals surface area contributed by atoms with Crippen molar-refractivity contribution in [1.29, 1.82) is 0 Å². The van der Waals surface area contributed by atoms with E-state index < -0.39 is 0 Å². The third kappa shape index (κ3) is 0.810. The van der Waals surface area contributed by atoms with Gasteiger partial charge in [-0.3, -0.25) is 0 Å². The second-order valence-electron chi connectivity index (χ2n) is 4.22. The van der Waals surface area contributed by atoms with Crippen molar-refractivity contribution in [2.24, 2.45) is 23.7 Å². The van der Waals surface area contributed by atoms with Gasteiger partial charge in [0.15, 0.2) is 0 Å². The van der Waals surface area contributed by atoms with Crippen LogP contribution in [0.5, 0.6) is 0 Å². The minimum absolute atomic E-state index is 1.02. The molecule has 3 atom stereocenters. The van der Waals surface area contributed by atoms with Crippen molar-refractivity contribution in [3.05, 3.63) is 0 Å². The highest BCUT2D eigenvalue weighted by molar-refractivity contribution is 5.02. The molecule has 2 saturated carbocycles. The summed E-state index contributed by atoms with van der Waals surface area (Å²) in [5.74, 6) is 4.53. The largest absolute Gasteiger partial charge is 0.0651 e. The number of fused-ring (bicyclic) bond motifs is 1. The van der Waals surface area contributed by atoms with Crippen LogP contribution < -0.4 is 0 Å². The van der Waals surface area contributed by atoms with Gasteiger partial charge in [0.1, 0.15) is 0 Å². The normalized spacial score (nSPS) is 46.8. The molecule has 0 amide bonds. The van der Waals surface area contributed by atoms with Gasteiger partial charge in [-0.2, -0.15) is 0 Å². The van der Waals surface area contributed by atoms with Crippen molar-refractivity contribution in [2.45, 2.75) is 39.5 Å². The van der Waals surface area contributed by atoms with E-state index >= 15 is 0 Å². The van der Waals surface area contributed by atoms with Crippen LogP contribution in [0.15, 0.2) is 0 Å². The molecule has 0 aliphatic heterocycles. The van der Waals surface area contributed by atoms with Gasteiger partial charge in [0.05, 0.1) is 0 Å². The Morgan fingerprint density at radius 3 is 2.40 bits per heavy atom. The van der Waals surface area contributed by atoms with Gasteiger partial charge >= 0.3 is 0 Å². The summed E-state index contributed by atoms with van der Waals surface area (Å²) in [5, 5.41) is 0. The van der Waals surface area contributed by atoms with E-state index in [1.807, 2.05) is 0 Å². The van der Waals surface area contributed by atoms with Crippen molar-refractivity contribution in [3.63, 3.8) is 0 Å². The topological polar surface area (TPSA) is 0 Å². The predicted molar refractivity (Wildman–Crippen MR) is 43.8 cm³/mol. The fourth-order valence-electron chi connectivity index (χ4n) is 2.99. The lowest BCUT2D eigenvalue weighted by Gasteiger charge is -2.09. The van der Waals surface area contributed by atoms with Crippen molar-refractivity contribution >= 4 is 0 Å². The SMILES string of the molecule is CCC(C)C1C2CCCC21. The highest BCUT2D eigenvalue weighted by Crippen LogP contribution is 2.61. The zero-order chi connectivity index (χ0) is 7.14. The maximum absolute atomic E-state index is 2.43. The predicted octanol–water partition coefficient (Wildman–Crippen LogP) is 3.08. The Hall–Kier alpha value is 0. The quantitative estimate of drug-likeness (QED) is 0.550. The van der Waals surface area contributed by atoms with E-state index in [2.05, 4.69) is 13.8 Å². The van der Waals surface area contributed by atoms with E-state index in [1.54, 1.807) is 12.8 Å². The Morgan fingerprint density at radius 1 is 1.30 bits per heavy atom. The Balaban J connectivity index is 1.88. The molecule has 10 heavy (non-hydrogen) atoms. The Labute approximate surface area is 64.0 Å². The van der Waals surface area contributed by atoms with E-state index in [4.69, 9.17) is 0 Å². The molecular formula is C10H18. The van der Waals surface area contributed by atoms with Gasteiger partial charge in [0.25, 0.3) is 0 Å². The van der Waals surface area contributed by atoms with Gasteiger partial charge in [-0.15, -0.1) is 0 Å². The summed E-state index contributed by atoms with van der Waals surface area (Å²) in [5.41, 5.74) is 0. The second-order valence-corrected chi connectivity index (χ2v) is 4.22. The third-order valence-corrected chi connectivity index (χ3v) is 3.77. The lowest BCUT2D eigenvalue weighted by atomic mass is 9.97. The van der Waals surface area contributed by atoms with Crippen LogP contribution in [0.3, 0.4) is 0 Å².